The van der Waals surface area contributed by atoms with Crippen molar-refractivity contribution in [2.24, 2.45) is 23.7 Å². The highest BCUT2D eigenvalue weighted by Crippen LogP contribution is 2.48. The second-order valence-electron chi connectivity index (χ2n) is 6.76. The van der Waals surface area contributed by atoms with Gasteiger partial charge in [0.05, 0.1) is 11.8 Å². The highest BCUT2D eigenvalue weighted by atomic mass is 16.4. The molecule has 23 heavy (non-hydrogen) atoms. The second-order valence-corrected chi connectivity index (χ2v) is 6.76. The SMILES string of the molecule is CC[C@H](C)c1ccc(NC(=O)[C@H]2[C@@H](C(=O)O)[C@H]3C=C[C@@H]2C3)cc1. The number of rotatable bonds is 5. The van der Waals surface area contributed by atoms with Crippen molar-refractivity contribution in [1.82, 2.24) is 0 Å². The van der Waals surface area contributed by atoms with Gasteiger partial charge in [-0.25, -0.2) is 0 Å². The van der Waals surface area contributed by atoms with E-state index in [0.29, 0.717) is 5.92 Å². The quantitative estimate of drug-likeness (QED) is 0.815. The van der Waals surface area contributed by atoms with Gasteiger partial charge in [-0.3, -0.25) is 9.59 Å². The fourth-order valence-corrected chi connectivity index (χ4v) is 3.87. The molecule has 0 unspecified atom stereocenters. The lowest BCUT2D eigenvalue weighted by atomic mass is 9.82. The summed E-state index contributed by atoms with van der Waals surface area (Å²) in [5.41, 5.74) is 1.98. The highest BCUT2D eigenvalue weighted by Gasteiger charge is 2.51. The Morgan fingerprint density at radius 2 is 1.78 bits per heavy atom. The van der Waals surface area contributed by atoms with Gasteiger partial charge in [-0.1, -0.05) is 38.1 Å². The van der Waals surface area contributed by atoms with E-state index in [1.54, 1.807) is 0 Å². The first-order valence-corrected chi connectivity index (χ1v) is 8.33. The number of carbonyl (C=O) groups is 2. The molecule has 5 atom stereocenters. The molecular weight excluding hydrogens is 290 g/mol. The minimum Gasteiger partial charge on any atom is -0.481 e. The number of carboxylic acids is 1. The number of aliphatic carboxylic acids is 1. The molecule has 2 aliphatic carbocycles. The molecule has 1 aromatic carbocycles. The monoisotopic (exact) mass is 313 g/mol. The Morgan fingerprint density at radius 3 is 2.35 bits per heavy atom. The predicted molar refractivity (Wildman–Crippen MR) is 89.1 cm³/mol. The molecule has 1 aromatic rings. The average molecular weight is 313 g/mol. The van der Waals surface area contributed by atoms with Crippen molar-refractivity contribution < 1.29 is 14.7 Å². The number of carboxylic acid groups (broad SMARTS) is 1. The van der Waals surface area contributed by atoms with Crippen molar-refractivity contribution >= 4 is 17.6 Å². The molecule has 0 heterocycles. The molecule has 3 rings (SSSR count). The first-order chi connectivity index (χ1) is 11.0. The molecule has 0 spiro atoms. The van der Waals surface area contributed by atoms with Crippen LogP contribution in [0.15, 0.2) is 36.4 Å². The minimum absolute atomic E-state index is 0.000954. The summed E-state index contributed by atoms with van der Waals surface area (Å²) in [6.45, 7) is 4.32. The molecule has 4 nitrogen and oxygen atoms in total. The number of amides is 1. The third-order valence-electron chi connectivity index (χ3n) is 5.41. The number of benzene rings is 1. The normalized spacial score (nSPS) is 29.5. The Morgan fingerprint density at radius 1 is 1.17 bits per heavy atom. The van der Waals surface area contributed by atoms with Crippen LogP contribution in [0.2, 0.25) is 0 Å². The van der Waals surface area contributed by atoms with Gasteiger partial charge in [-0.2, -0.15) is 0 Å². The first-order valence-electron chi connectivity index (χ1n) is 8.33. The van der Waals surface area contributed by atoms with Gasteiger partial charge in [0.25, 0.3) is 0 Å². The number of allylic oxidation sites excluding steroid dienone is 2. The van der Waals surface area contributed by atoms with E-state index in [1.807, 2.05) is 36.4 Å². The molecule has 2 aliphatic rings. The van der Waals surface area contributed by atoms with Crippen molar-refractivity contribution in [2.75, 3.05) is 5.32 Å². The molecule has 0 aliphatic heterocycles. The van der Waals surface area contributed by atoms with Crippen LogP contribution in [0.5, 0.6) is 0 Å². The number of hydrogen-bond acceptors (Lipinski definition) is 2. The van der Waals surface area contributed by atoms with Crippen molar-refractivity contribution in [3.05, 3.63) is 42.0 Å². The zero-order chi connectivity index (χ0) is 16.6. The van der Waals surface area contributed by atoms with Crippen LogP contribution in [0.3, 0.4) is 0 Å². The van der Waals surface area contributed by atoms with Crippen LogP contribution in [0.4, 0.5) is 5.69 Å². The minimum atomic E-state index is -0.867. The van der Waals surface area contributed by atoms with E-state index >= 15 is 0 Å². The molecule has 0 aromatic heterocycles. The van der Waals surface area contributed by atoms with E-state index in [0.717, 1.165) is 18.5 Å². The third-order valence-corrected chi connectivity index (χ3v) is 5.41. The van der Waals surface area contributed by atoms with Crippen LogP contribution in [-0.2, 0) is 9.59 Å². The van der Waals surface area contributed by atoms with E-state index in [1.165, 1.54) is 5.56 Å². The summed E-state index contributed by atoms with van der Waals surface area (Å²) in [5.74, 6) is -1.55. The smallest absolute Gasteiger partial charge is 0.307 e. The molecule has 2 N–H and O–H groups in total. The fourth-order valence-electron chi connectivity index (χ4n) is 3.87. The van der Waals surface area contributed by atoms with Gasteiger partial charge in [0.15, 0.2) is 0 Å². The molecule has 122 valence electrons. The van der Waals surface area contributed by atoms with E-state index in [4.69, 9.17) is 0 Å². The topological polar surface area (TPSA) is 66.4 Å². The maximum atomic E-state index is 12.6. The van der Waals surface area contributed by atoms with Gasteiger partial charge in [0, 0.05) is 5.69 Å². The van der Waals surface area contributed by atoms with Crippen molar-refractivity contribution in [1.29, 1.82) is 0 Å². The van der Waals surface area contributed by atoms with E-state index in [-0.39, 0.29) is 17.7 Å². The first kappa shape index (κ1) is 15.8. The summed E-state index contributed by atoms with van der Waals surface area (Å²) in [6, 6.07) is 7.86. The molecule has 1 saturated carbocycles. The standard InChI is InChI=1S/C19H23NO3/c1-3-11(2)12-6-8-15(9-7-12)20-18(21)16-13-4-5-14(10-13)17(16)19(22)23/h4-9,11,13-14,16-17H,3,10H2,1-2H3,(H,20,21)(H,22,23)/t11-,13+,14-,16+,17-/m0/s1. The molecule has 2 bridgehead atoms. The lowest BCUT2D eigenvalue weighted by molar-refractivity contribution is -0.146. The lowest BCUT2D eigenvalue weighted by Gasteiger charge is -2.24. The van der Waals surface area contributed by atoms with Crippen LogP contribution < -0.4 is 5.32 Å². The summed E-state index contributed by atoms with van der Waals surface area (Å²) in [7, 11) is 0. The number of hydrogen-bond donors (Lipinski definition) is 2. The summed E-state index contributed by atoms with van der Waals surface area (Å²) in [5, 5.41) is 12.3. The van der Waals surface area contributed by atoms with Gasteiger partial charge >= 0.3 is 5.97 Å². The molecule has 0 saturated heterocycles. The Balaban J connectivity index is 1.72. The Labute approximate surface area is 136 Å². The third kappa shape index (κ3) is 2.90. The van der Waals surface area contributed by atoms with E-state index in [2.05, 4.69) is 19.2 Å². The summed E-state index contributed by atoms with van der Waals surface area (Å²) in [6.07, 6.45) is 5.81. The second kappa shape index (κ2) is 6.19. The molecule has 1 fully saturated rings. The van der Waals surface area contributed by atoms with Gasteiger partial charge in [-0.15, -0.1) is 0 Å². The number of carbonyl (C=O) groups excluding carboxylic acids is 1. The number of anilines is 1. The van der Waals surface area contributed by atoms with Gasteiger partial charge in [-0.05, 0) is 48.3 Å². The fraction of sp³-hybridized carbons (Fsp3) is 0.474. The maximum absolute atomic E-state index is 12.6. The van der Waals surface area contributed by atoms with Gasteiger partial charge in [0.2, 0.25) is 5.91 Å². The molecule has 4 heteroatoms. The molecular formula is C19H23NO3. The number of fused-ring (bicyclic) bond motifs is 2. The predicted octanol–water partition coefficient (Wildman–Crippen LogP) is 3.66. The average Bonchev–Trinajstić information content (AvgIpc) is 3.15. The van der Waals surface area contributed by atoms with Crippen molar-refractivity contribution in [2.45, 2.75) is 32.6 Å². The van der Waals surface area contributed by atoms with Crippen LogP contribution in [0.1, 0.15) is 38.2 Å². The summed E-state index contributed by atoms with van der Waals surface area (Å²) in [4.78, 5) is 24.1. The zero-order valence-electron chi connectivity index (χ0n) is 13.5. The Bertz CT molecular complexity index is 635. The van der Waals surface area contributed by atoms with Crippen LogP contribution >= 0.6 is 0 Å². The van der Waals surface area contributed by atoms with Gasteiger partial charge < -0.3 is 10.4 Å². The molecule has 0 radical (unpaired) electrons. The summed E-state index contributed by atoms with van der Waals surface area (Å²) >= 11 is 0. The van der Waals surface area contributed by atoms with Gasteiger partial charge in [0.1, 0.15) is 0 Å². The maximum Gasteiger partial charge on any atom is 0.307 e. The number of nitrogens with one attached hydrogen (secondary N) is 1. The van der Waals surface area contributed by atoms with Crippen LogP contribution in [-0.4, -0.2) is 17.0 Å². The van der Waals surface area contributed by atoms with E-state index < -0.39 is 17.8 Å². The largest absolute Gasteiger partial charge is 0.481 e. The van der Waals surface area contributed by atoms with Crippen LogP contribution in [0, 0.1) is 23.7 Å². The van der Waals surface area contributed by atoms with E-state index in [9.17, 15) is 14.7 Å². The zero-order valence-corrected chi connectivity index (χ0v) is 13.5. The van der Waals surface area contributed by atoms with Crippen molar-refractivity contribution in [3.8, 4) is 0 Å². The lowest BCUT2D eigenvalue weighted by Crippen LogP contribution is -2.36. The molecule has 1 amide bonds. The summed E-state index contributed by atoms with van der Waals surface area (Å²) < 4.78 is 0. The Kier molecular flexibility index (Phi) is 4.24. The van der Waals surface area contributed by atoms with Crippen molar-refractivity contribution in [3.63, 3.8) is 0 Å². The Hall–Kier alpha value is -2.10. The highest BCUT2D eigenvalue weighted by molar-refractivity contribution is 5.96. The van der Waals surface area contributed by atoms with Crippen LogP contribution in [0.25, 0.3) is 0 Å².